The van der Waals surface area contributed by atoms with Crippen molar-refractivity contribution in [2.45, 2.75) is 33.5 Å². The minimum atomic E-state index is -3.00. The van der Waals surface area contributed by atoms with Gasteiger partial charge in [-0.05, 0) is 42.4 Å². The molecule has 2 aromatic carbocycles. The van der Waals surface area contributed by atoms with Crippen LogP contribution in [0.5, 0.6) is 11.5 Å². The zero-order valence-electron chi connectivity index (χ0n) is 16.4. The largest absolute Gasteiger partial charge is 0.493 e. The summed E-state index contributed by atoms with van der Waals surface area (Å²) in [6, 6.07) is 12.2. The molecule has 2 aromatic rings. The lowest BCUT2D eigenvalue weighted by molar-refractivity contribution is -0.0512. The fourth-order valence-corrected chi connectivity index (χ4v) is 2.83. The van der Waals surface area contributed by atoms with Crippen molar-refractivity contribution in [1.29, 1.82) is 0 Å². The number of hydrogen-bond donors (Lipinski definition) is 1. The molecular formula is C21H26F2N2O3. The summed E-state index contributed by atoms with van der Waals surface area (Å²) < 4.78 is 34.5. The highest BCUT2D eigenvalue weighted by Gasteiger charge is 2.14. The molecule has 0 atom stereocenters. The summed E-state index contributed by atoms with van der Waals surface area (Å²) in [7, 11) is 1.35. The van der Waals surface area contributed by atoms with E-state index in [1.165, 1.54) is 30.9 Å². The van der Waals surface area contributed by atoms with Crippen molar-refractivity contribution in [3.05, 3.63) is 59.2 Å². The number of rotatable bonds is 10. The highest BCUT2D eigenvalue weighted by Crippen LogP contribution is 2.29. The van der Waals surface area contributed by atoms with Gasteiger partial charge in [-0.2, -0.15) is 8.78 Å². The predicted molar refractivity (Wildman–Crippen MR) is 104 cm³/mol. The van der Waals surface area contributed by atoms with Crippen molar-refractivity contribution in [1.82, 2.24) is 10.2 Å². The summed E-state index contributed by atoms with van der Waals surface area (Å²) in [4.78, 5) is 14.7. The molecule has 0 aliphatic rings. The van der Waals surface area contributed by atoms with E-state index in [4.69, 9.17) is 4.74 Å². The van der Waals surface area contributed by atoms with E-state index in [1.54, 1.807) is 0 Å². The third-order valence-corrected chi connectivity index (χ3v) is 4.39. The smallest absolute Gasteiger partial charge is 0.387 e. The van der Waals surface area contributed by atoms with Crippen LogP contribution in [-0.4, -0.2) is 37.6 Å². The molecule has 0 saturated carbocycles. The van der Waals surface area contributed by atoms with Gasteiger partial charge in [0.05, 0.1) is 7.11 Å². The Morgan fingerprint density at radius 2 is 1.79 bits per heavy atom. The van der Waals surface area contributed by atoms with Crippen LogP contribution in [0, 0.1) is 0 Å². The predicted octanol–water partition coefficient (Wildman–Crippen LogP) is 4.07. The first kappa shape index (κ1) is 21.6. The van der Waals surface area contributed by atoms with Crippen LogP contribution in [0.3, 0.4) is 0 Å². The summed E-state index contributed by atoms with van der Waals surface area (Å²) in [5, 5.41) is 2.81. The fraction of sp³-hybridized carbons (Fsp3) is 0.381. The first-order valence-electron chi connectivity index (χ1n) is 9.18. The van der Waals surface area contributed by atoms with Gasteiger partial charge in [0.2, 0.25) is 0 Å². The molecule has 0 fully saturated rings. The molecule has 0 unspecified atom stereocenters. The van der Waals surface area contributed by atoms with E-state index in [-0.39, 0.29) is 23.0 Å². The Labute approximate surface area is 164 Å². The van der Waals surface area contributed by atoms with Crippen LogP contribution in [0.2, 0.25) is 0 Å². The summed E-state index contributed by atoms with van der Waals surface area (Å²) in [5.74, 6) is -0.414. The second kappa shape index (κ2) is 10.6. The number of carbonyl (C=O) groups excluding carboxylic acids is 1. The molecule has 0 heterocycles. The van der Waals surface area contributed by atoms with Crippen LogP contribution in [0.25, 0.3) is 0 Å². The van der Waals surface area contributed by atoms with Crippen molar-refractivity contribution in [2.75, 3.05) is 20.2 Å². The molecule has 0 aliphatic heterocycles. The molecule has 0 radical (unpaired) electrons. The summed E-state index contributed by atoms with van der Waals surface area (Å²) >= 11 is 0. The normalized spacial score (nSPS) is 11.0. The van der Waals surface area contributed by atoms with Gasteiger partial charge in [-0.1, -0.05) is 38.1 Å². The standard InChI is InChI=1S/C21H26F2N2O3/c1-4-25(5-2)14-16-8-6-7-15(11-16)13-24-20(26)17-9-10-18(27-3)19(12-17)28-21(22)23/h6-12,21H,4-5,13-14H2,1-3H3,(H,24,26). The third-order valence-electron chi connectivity index (χ3n) is 4.39. The van der Waals surface area contributed by atoms with Crippen LogP contribution in [0.15, 0.2) is 42.5 Å². The molecule has 28 heavy (non-hydrogen) atoms. The van der Waals surface area contributed by atoms with E-state index in [0.29, 0.717) is 6.54 Å². The quantitative estimate of drug-likeness (QED) is 0.662. The zero-order valence-corrected chi connectivity index (χ0v) is 16.4. The number of methoxy groups -OCH3 is 1. The molecule has 5 nitrogen and oxygen atoms in total. The van der Waals surface area contributed by atoms with Crippen molar-refractivity contribution in [3.8, 4) is 11.5 Å². The van der Waals surface area contributed by atoms with E-state index in [1.807, 2.05) is 12.1 Å². The molecule has 7 heteroatoms. The summed E-state index contributed by atoms with van der Waals surface area (Å²) in [5.41, 5.74) is 2.36. The Balaban J connectivity index is 2.04. The molecule has 0 bridgehead atoms. The minimum Gasteiger partial charge on any atom is -0.493 e. The summed E-state index contributed by atoms with van der Waals surface area (Å²) in [6.07, 6.45) is 0. The number of hydrogen-bond acceptors (Lipinski definition) is 4. The van der Waals surface area contributed by atoms with Gasteiger partial charge in [0.15, 0.2) is 11.5 Å². The maximum Gasteiger partial charge on any atom is 0.387 e. The maximum absolute atomic E-state index is 12.5. The Morgan fingerprint density at radius 1 is 1.07 bits per heavy atom. The molecule has 0 aromatic heterocycles. The lowest BCUT2D eigenvalue weighted by Gasteiger charge is -2.18. The van der Waals surface area contributed by atoms with E-state index in [2.05, 4.69) is 40.9 Å². The fourth-order valence-electron chi connectivity index (χ4n) is 2.83. The van der Waals surface area contributed by atoms with Gasteiger partial charge in [-0.3, -0.25) is 9.69 Å². The number of alkyl halides is 2. The van der Waals surface area contributed by atoms with Gasteiger partial charge in [-0.25, -0.2) is 0 Å². The van der Waals surface area contributed by atoms with Crippen LogP contribution in [0.4, 0.5) is 8.78 Å². The molecule has 0 aliphatic carbocycles. The van der Waals surface area contributed by atoms with Crippen molar-refractivity contribution in [2.24, 2.45) is 0 Å². The Hall–Kier alpha value is -2.67. The first-order chi connectivity index (χ1) is 13.5. The van der Waals surface area contributed by atoms with Gasteiger partial charge in [0, 0.05) is 18.7 Å². The van der Waals surface area contributed by atoms with E-state index < -0.39 is 6.61 Å². The zero-order chi connectivity index (χ0) is 20.5. The van der Waals surface area contributed by atoms with Gasteiger partial charge in [0.1, 0.15) is 0 Å². The number of halogens is 2. The lowest BCUT2D eigenvalue weighted by atomic mass is 10.1. The molecule has 0 saturated heterocycles. The number of carbonyl (C=O) groups is 1. The maximum atomic E-state index is 12.5. The topological polar surface area (TPSA) is 50.8 Å². The van der Waals surface area contributed by atoms with Crippen molar-refractivity contribution < 1.29 is 23.0 Å². The SMILES string of the molecule is CCN(CC)Cc1cccc(CNC(=O)c2ccc(OC)c(OC(F)F)c2)c1. The molecular weight excluding hydrogens is 366 g/mol. The monoisotopic (exact) mass is 392 g/mol. The molecule has 1 amide bonds. The Kier molecular flexibility index (Phi) is 8.19. The van der Waals surface area contributed by atoms with E-state index in [0.717, 1.165) is 25.2 Å². The lowest BCUT2D eigenvalue weighted by Crippen LogP contribution is -2.24. The van der Waals surface area contributed by atoms with Crippen LogP contribution in [0.1, 0.15) is 35.3 Å². The van der Waals surface area contributed by atoms with Gasteiger partial charge in [-0.15, -0.1) is 0 Å². The number of nitrogens with one attached hydrogen (secondary N) is 1. The van der Waals surface area contributed by atoms with Crippen LogP contribution >= 0.6 is 0 Å². The second-order valence-electron chi connectivity index (χ2n) is 6.21. The van der Waals surface area contributed by atoms with Crippen LogP contribution < -0.4 is 14.8 Å². The highest BCUT2D eigenvalue weighted by molar-refractivity contribution is 5.94. The van der Waals surface area contributed by atoms with E-state index >= 15 is 0 Å². The number of benzene rings is 2. The molecule has 2 rings (SSSR count). The average molecular weight is 392 g/mol. The summed E-state index contributed by atoms with van der Waals surface area (Å²) in [6.45, 7) is 4.36. The Morgan fingerprint density at radius 3 is 2.43 bits per heavy atom. The van der Waals surface area contributed by atoms with Gasteiger partial charge >= 0.3 is 6.61 Å². The minimum absolute atomic E-state index is 0.140. The van der Waals surface area contributed by atoms with Gasteiger partial charge < -0.3 is 14.8 Å². The molecule has 152 valence electrons. The third kappa shape index (κ3) is 6.20. The molecule has 1 N–H and O–H groups in total. The number of amides is 1. The van der Waals surface area contributed by atoms with Crippen molar-refractivity contribution in [3.63, 3.8) is 0 Å². The number of ether oxygens (including phenoxy) is 2. The second-order valence-corrected chi connectivity index (χ2v) is 6.21. The van der Waals surface area contributed by atoms with Crippen molar-refractivity contribution >= 4 is 5.91 Å². The van der Waals surface area contributed by atoms with E-state index in [9.17, 15) is 13.6 Å². The number of nitrogens with zero attached hydrogens (tertiary/aromatic N) is 1. The van der Waals surface area contributed by atoms with Gasteiger partial charge in [0.25, 0.3) is 5.91 Å². The average Bonchev–Trinajstić information content (AvgIpc) is 2.70. The Bertz CT molecular complexity index is 780. The van der Waals surface area contributed by atoms with Crippen LogP contribution in [-0.2, 0) is 13.1 Å². The first-order valence-corrected chi connectivity index (χ1v) is 9.18. The highest BCUT2D eigenvalue weighted by atomic mass is 19.3. The molecule has 0 spiro atoms.